The van der Waals surface area contributed by atoms with Crippen LogP contribution in [0.5, 0.6) is 11.6 Å². The van der Waals surface area contributed by atoms with Crippen LogP contribution < -0.4 is 14.8 Å². The molecule has 1 aromatic heterocycles. The molecule has 1 saturated heterocycles. The summed E-state index contributed by atoms with van der Waals surface area (Å²) in [5.74, 6) is 1.87. The molecule has 2 fully saturated rings. The lowest BCUT2D eigenvalue weighted by molar-refractivity contribution is 0.0235. The Morgan fingerprint density at radius 3 is 2.84 bits per heavy atom. The Morgan fingerprint density at radius 2 is 2.00 bits per heavy atom. The van der Waals surface area contributed by atoms with Crippen molar-refractivity contribution in [1.82, 2.24) is 10.5 Å². The van der Waals surface area contributed by atoms with Crippen molar-refractivity contribution >= 4 is 11.0 Å². The van der Waals surface area contributed by atoms with Crippen LogP contribution in [0.1, 0.15) is 32.1 Å². The largest absolute Gasteiger partial charge is 0.487 e. The molecule has 136 valence electrons. The fraction of sp³-hybridized carbons (Fsp3) is 0.632. The van der Waals surface area contributed by atoms with Gasteiger partial charge in [0.25, 0.3) is 5.88 Å². The highest BCUT2D eigenvalue weighted by Crippen LogP contribution is 2.36. The summed E-state index contributed by atoms with van der Waals surface area (Å²) in [6.07, 6.45) is 5.66. The van der Waals surface area contributed by atoms with E-state index >= 15 is 0 Å². The summed E-state index contributed by atoms with van der Waals surface area (Å²) in [5.41, 5.74) is 0.699. The molecular formula is C19H26N2O4. The zero-order valence-electron chi connectivity index (χ0n) is 14.7. The minimum Gasteiger partial charge on any atom is -0.487 e. The van der Waals surface area contributed by atoms with Crippen LogP contribution in [0.4, 0.5) is 0 Å². The van der Waals surface area contributed by atoms with E-state index in [0.717, 1.165) is 56.3 Å². The summed E-state index contributed by atoms with van der Waals surface area (Å²) < 4.78 is 23.3. The monoisotopic (exact) mass is 346 g/mol. The molecule has 25 heavy (non-hydrogen) atoms. The number of benzene rings is 1. The Kier molecular flexibility index (Phi) is 5.08. The van der Waals surface area contributed by atoms with Crippen LogP contribution in [0.2, 0.25) is 0 Å². The number of hydrogen-bond acceptors (Lipinski definition) is 6. The van der Waals surface area contributed by atoms with Gasteiger partial charge in [-0.15, -0.1) is 0 Å². The fourth-order valence-electron chi connectivity index (χ4n) is 3.84. The maximum absolute atomic E-state index is 6.27. The first-order valence-corrected chi connectivity index (χ1v) is 9.26. The van der Waals surface area contributed by atoms with Gasteiger partial charge in [-0.2, -0.15) is 0 Å². The normalized spacial score (nSPS) is 24.7. The van der Waals surface area contributed by atoms with E-state index in [1.807, 2.05) is 18.2 Å². The Bertz CT molecular complexity index is 696. The van der Waals surface area contributed by atoms with Crippen molar-refractivity contribution in [2.75, 3.05) is 26.8 Å². The first kappa shape index (κ1) is 16.7. The maximum atomic E-state index is 6.27. The summed E-state index contributed by atoms with van der Waals surface area (Å²) in [4.78, 5) is 0. The molecule has 2 aromatic rings. The standard InChI is InChI=1S/C19H26N2O4/c1-22-14-4-2-5-15(14)24-16-6-3-7-17-18(16)19(21-25-17)23-12-13-8-10-20-11-9-13/h3,6-7,13-15,20H,2,4-5,8-12H2,1H3/t14-,15+/m1/s1. The third-order valence-corrected chi connectivity index (χ3v) is 5.32. The van der Waals surface area contributed by atoms with Crippen molar-refractivity contribution in [1.29, 1.82) is 0 Å². The van der Waals surface area contributed by atoms with Crippen LogP contribution in [-0.2, 0) is 4.74 Å². The smallest absolute Gasteiger partial charge is 0.265 e. The molecule has 6 nitrogen and oxygen atoms in total. The van der Waals surface area contributed by atoms with E-state index in [4.69, 9.17) is 18.7 Å². The highest BCUT2D eigenvalue weighted by Gasteiger charge is 2.30. The number of nitrogens with one attached hydrogen (secondary N) is 1. The van der Waals surface area contributed by atoms with Gasteiger partial charge in [-0.3, -0.25) is 0 Å². The number of methoxy groups -OCH3 is 1. The molecule has 0 amide bonds. The summed E-state index contributed by atoms with van der Waals surface area (Å²) in [7, 11) is 1.75. The van der Waals surface area contributed by atoms with Crippen LogP contribution >= 0.6 is 0 Å². The van der Waals surface area contributed by atoms with Crippen LogP contribution in [0.3, 0.4) is 0 Å². The number of rotatable bonds is 6. The van der Waals surface area contributed by atoms with E-state index in [1.54, 1.807) is 7.11 Å². The van der Waals surface area contributed by atoms with Crippen molar-refractivity contribution in [2.24, 2.45) is 5.92 Å². The van der Waals surface area contributed by atoms with Crippen LogP contribution in [0, 0.1) is 5.92 Å². The predicted octanol–water partition coefficient (Wildman–Crippen LogP) is 3.15. The van der Waals surface area contributed by atoms with Crippen molar-refractivity contribution in [3.05, 3.63) is 18.2 Å². The lowest BCUT2D eigenvalue weighted by Gasteiger charge is -2.22. The van der Waals surface area contributed by atoms with Crippen molar-refractivity contribution < 1.29 is 18.7 Å². The summed E-state index contributed by atoms with van der Waals surface area (Å²) in [5, 5.41) is 8.34. The molecule has 2 heterocycles. The van der Waals surface area contributed by atoms with Crippen molar-refractivity contribution in [3.8, 4) is 11.6 Å². The topological polar surface area (TPSA) is 65.8 Å². The molecule has 1 aliphatic heterocycles. The molecule has 1 aliphatic carbocycles. The molecule has 0 bridgehead atoms. The number of nitrogens with zero attached hydrogens (tertiary/aromatic N) is 1. The lowest BCUT2D eigenvalue weighted by Crippen LogP contribution is -2.30. The van der Waals surface area contributed by atoms with Gasteiger partial charge < -0.3 is 24.1 Å². The quantitative estimate of drug-likeness (QED) is 0.867. The molecule has 4 rings (SSSR count). The molecule has 0 spiro atoms. The molecule has 6 heteroatoms. The molecule has 2 aliphatic rings. The lowest BCUT2D eigenvalue weighted by atomic mass is 9.99. The first-order valence-electron chi connectivity index (χ1n) is 9.26. The highest BCUT2D eigenvalue weighted by atomic mass is 16.5. The number of hydrogen-bond donors (Lipinski definition) is 1. The first-order chi connectivity index (χ1) is 12.3. The fourth-order valence-corrected chi connectivity index (χ4v) is 3.84. The second-order valence-corrected chi connectivity index (χ2v) is 6.98. The minimum absolute atomic E-state index is 0.0720. The van der Waals surface area contributed by atoms with Gasteiger partial charge >= 0.3 is 0 Å². The molecule has 0 unspecified atom stereocenters. The minimum atomic E-state index is 0.0720. The number of ether oxygens (including phenoxy) is 3. The second kappa shape index (κ2) is 7.62. The van der Waals surface area contributed by atoms with E-state index in [9.17, 15) is 0 Å². The third kappa shape index (κ3) is 3.60. The zero-order chi connectivity index (χ0) is 17.1. The van der Waals surface area contributed by atoms with Gasteiger partial charge in [0.05, 0.1) is 12.7 Å². The number of piperidine rings is 1. The van der Waals surface area contributed by atoms with Gasteiger partial charge in [-0.25, -0.2) is 0 Å². The van der Waals surface area contributed by atoms with E-state index in [0.29, 0.717) is 24.0 Å². The third-order valence-electron chi connectivity index (χ3n) is 5.32. The van der Waals surface area contributed by atoms with Crippen molar-refractivity contribution in [2.45, 2.75) is 44.3 Å². The maximum Gasteiger partial charge on any atom is 0.265 e. The second-order valence-electron chi connectivity index (χ2n) is 6.98. The van der Waals surface area contributed by atoms with Gasteiger partial charge in [0.1, 0.15) is 17.2 Å². The van der Waals surface area contributed by atoms with Gasteiger partial charge in [-0.1, -0.05) is 6.07 Å². The van der Waals surface area contributed by atoms with Gasteiger partial charge in [-0.05, 0) is 68.4 Å². The van der Waals surface area contributed by atoms with Crippen molar-refractivity contribution in [3.63, 3.8) is 0 Å². The van der Waals surface area contributed by atoms with Crippen LogP contribution in [0.15, 0.2) is 22.7 Å². The van der Waals surface area contributed by atoms with E-state index < -0.39 is 0 Å². The Labute approximate surface area is 147 Å². The van der Waals surface area contributed by atoms with Crippen LogP contribution in [0.25, 0.3) is 11.0 Å². The molecule has 1 saturated carbocycles. The number of aromatic nitrogens is 1. The van der Waals surface area contributed by atoms with E-state index in [-0.39, 0.29) is 12.2 Å². The SMILES string of the molecule is CO[C@@H]1CCC[C@@H]1Oc1cccc2onc(OCC3CCNCC3)c12. The molecule has 1 aromatic carbocycles. The molecule has 2 atom stereocenters. The van der Waals surface area contributed by atoms with Gasteiger partial charge in [0.2, 0.25) is 0 Å². The molecule has 1 N–H and O–H groups in total. The highest BCUT2D eigenvalue weighted by molar-refractivity contribution is 5.88. The Balaban J connectivity index is 1.52. The Morgan fingerprint density at radius 1 is 1.16 bits per heavy atom. The van der Waals surface area contributed by atoms with Gasteiger partial charge in [0.15, 0.2) is 5.58 Å². The average molecular weight is 346 g/mol. The molecule has 0 radical (unpaired) electrons. The summed E-state index contributed by atoms with van der Waals surface area (Å²) >= 11 is 0. The Hall–Kier alpha value is -1.79. The summed E-state index contributed by atoms with van der Waals surface area (Å²) in [6, 6.07) is 5.78. The summed E-state index contributed by atoms with van der Waals surface area (Å²) in [6.45, 7) is 2.78. The molecular weight excluding hydrogens is 320 g/mol. The average Bonchev–Trinajstić information content (AvgIpc) is 3.28. The van der Waals surface area contributed by atoms with Crippen LogP contribution in [-0.4, -0.2) is 44.2 Å². The number of fused-ring (bicyclic) bond motifs is 1. The van der Waals surface area contributed by atoms with Gasteiger partial charge in [0, 0.05) is 7.11 Å². The predicted molar refractivity (Wildman–Crippen MR) is 94.2 cm³/mol. The van der Waals surface area contributed by atoms with E-state index in [1.165, 1.54) is 0 Å². The zero-order valence-corrected chi connectivity index (χ0v) is 14.7. The van der Waals surface area contributed by atoms with E-state index in [2.05, 4.69) is 10.5 Å².